The zero-order valence-corrected chi connectivity index (χ0v) is 13.9. The van der Waals surface area contributed by atoms with Crippen LogP contribution in [0.4, 0.5) is 10.2 Å². The summed E-state index contributed by atoms with van der Waals surface area (Å²) in [7, 11) is 0. The Balaban J connectivity index is 2.49. The second-order valence-corrected chi connectivity index (χ2v) is 6.03. The predicted octanol–water partition coefficient (Wildman–Crippen LogP) is 4.31. The Hall–Kier alpha value is -1.17. The first-order valence-corrected chi connectivity index (χ1v) is 7.79. The molecule has 0 radical (unpaired) electrons. The summed E-state index contributed by atoms with van der Waals surface area (Å²) >= 11 is 9.26. The van der Waals surface area contributed by atoms with Crippen LogP contribution in [-0.2, 0) is 0 Å². The van der Waals surface area contributed by atoms with Gasteiger partial charge in [-0.25, -0.2) is 9.37 Å². The van der Waals surface area contributed by atoms with Crippen molar-refractivity contribution in [3.8, 4) is 0 Å². The molecule has 6 heteroatoms. The van der Waals surface area contributed by atoms with Crippen molar-refractivity contribution in [2.45, 2.75) is 19.4 Å². The average Bonchev–Trinajstić information content (AvgIpc) is 2.44. The van der Waals surface area contributed by atoms with E-state index in [2.05, 4.69) is 26.2 Å². The van der Waals surface area contributed by atoms with Crippen molar-refractivity contribution >= 4 is 33.3 Å². The topological polar surface area (TPSA) is 50.9 Å². The van der Waals surface area contributed by atoms with Gasteiger partial charge in [-0.05, 0) is 31.2 Å². The van der Waals surface area contributed by atoms with Gasteiger partial charge < -0.3 is 11.1 Å². The number of nitrogens with zero attached hydrogens (tertiary/aromatic N) is 1. The lowest BCUT2D eigenvalue weighted by atomic mass is 9.98. The Labute approximate surface area is 136 Å². The first-order valence-electron chi connectivity index (χ1n) is 6.62. The van der Waals surface area contributed by atoms with Gasteiger partial charge in [-0.2, -0.15) is 0 Å². The average molecular weight is 373 g/mol. The van der Waals surface area contributed by atoms with Gasteiger partial charge in [0.05, 0.1) is 11.1 Å². The Bertz CT molecular complexity index is 636. The molecule has 2 aromatic rings. The molecule has 0 spiro atoms. The summed E-state index contributed by atoms with van der Waals surface area (Å²) in [5.41, 5.74) is 7.13. The number of benzene rings is 1. The van der Waals surface area contributed by atoms with E-state index in [0.29, 0.717) is 26.4 Å². The van der Waals surface area contributed by atoms with E-state index in [1.54, 1.807) is 18.2 Å². The van der Waals surface area contributed by atoms with Crippen LogP contribution >= 0.6 is 27.5 Å². The number of halogens is 3. The summed E-state index contributed by atoms with van der Waals surface area (Å²) in [4.78, 5) is 4.05. The molecular formula is C15H16BrClFN3. The smallest absolute Gasteiger partial charge is 0.129 e. The third-order valence-electron chi connectivity index (χ3n) is 3.10. The highest BCUT2D eigenvalue weighted by Gasteiger charge is 2.20. The van der Waals surface area contributed by atoms with Crippen molar-refractivity contribution in [3.05, 3.63) is 56.9 Å². The summed E-state index contributed by atoms with van der Waals surface area (Å²) in [6.45, 7) is 2.77. The van der Waals surface area contributed by atoms with Crippen LogP contribution in [0.25, 0.3) is 0 Å². The van der Waals surface area contributed by atoms with E-state index in [9.17, 15) is 4.39 Å². The van der Waals surface area contributed by atoms with Crippen LogP contribution in [0, 0.1) is 5.82 Å². The van der Waals surface area contributed by atoms with Crippen molar-refractivity contribution in [3.63, 3.8) is 0 Å². The van der Waals surface area contributed by atoms with Crippen molar-refractivity contribution < 1.29 is 4.39 Å². The second-order valence-electron chi connectivity index (χ2n) is 4.68. The molecule has 112 valence electrons. The first-order chi connectivity index (χ1) is 10.0. The molecule has 0 aliphatic rings. The lowest BCUT2D eigenvalue weighted by Crippen LogP contribution is -2.25. The van der Waals surface area contributed by atoms with Crippen LogP contribution in [0.1, 0.15) is 30.5 Å². The fraction of sp³-hybridized carbons (Fsp3) is 0.267. The third-order valence-corrected chi connectivity index (χ3v) is 3.80. The Morgan fingerprint density at radius 2 is 2.14 bits per heavy atom. The highest BCUT2D eigenvalue weighted by molar-refractivity contribution is 9.10. The van der Waals surface area contributed by atoms with Crippen LogP contribution in [-0.4, -0.2) is 11.5 Å². The van der Waals surface area contributed by atoms with E-state index in [1.807, 2.05) is 6.92 Å². The Morgan fingerprint density at radius 3 is 2.81 bits per heavy atom. The number of nitrogen functional groups attached to an aromatic ring is 1. The fourth-order valence-corrected chi connectivity index (χ4v) is 2.61. The minimum atomic E-state index is -0.385. The largest absolute Gasteiger partial charge is 0.383 e. The van der Waals surface area contributed by atoms with E-state index in [0.717, 1.165) is 13.0 Å². The maximum atomic E-state index is 14.3. The van der Waals surface area contributed by atoms with Crippen LogP contribution in [0.15, 0.2) is 34.9 Å². The van der Waals surface area contributed by atoms with E-state index in [4.69, 9.17) is 17.3 Å². The molecule has 0 saturated heterocycles. The molecule has 1 unspecified atom stereocenters. The molecule has 21 heavy (non-hydrogen) atoms. The summed E-state index contributed by atoms with van der Waals surface area (Å²) < 4.78 is 15.0. The van der Waals surface area contributed by atoms with Crippen LogP contribution in [0.3, 0.4) is 0 Å². The van der Waals surface area contributed by atoms with E-state index in [-0.39, 0.29) is 11.9 Å². The van der Waals surface area contributed by atoms with Crippen LogP contribution in [0.2, 0.25) is 5.02 Å². The summed E-state index contributed by atoms with van der Waals surface area (Å²) in [6, 6.07) is 6.30. The number of aromatic nitrogens is 1. The normalized spacial score (nSPS) is 12.4. The number of pyridine rings is 1. The van der Waals surface area contributed by atoms with Gasteiger partial charge in [0.2, 0.25) is 0 Å². The zero-order valence-electron chi connectivity index (χ0n) is 11.5. The Kier molecular flexibility index (Phi) is 5.56. The quantitative estimate of drug-likeness (QED) is 0.822. The van der Waals surface area contributed by atoms with Gasteiger partial charge in [-0.1, -0.05) is 40.5 Å². The molecule has 3 N–H and O–H groups in total. The number of rotatable bonds is 5. The van der Waals surface area contributed by atoms with Crippen LogP contribution in [0.5, 0.6) is 0 Å². The summed E-state index contributed by atoms with van der Waals surface area (Å²) in [6.07, 6.45) is 2.40. The number of hydrogen-bond donors (Lipinski definition) is 2. The first kappa shape index (κ1) is 16.2. The van der Waals surface area contributed by atoms with Gasteiger partial charge in [0.15, 0.2) is 0 Å². The molecule has 0 aliphatic carbocycles. The molecule has 1 atom stereocenters. The maximum Gasteiger partial charge on any atom is 0.129 e. The van der Waals surface area contributed by atoms with Gasteiger partial charge in [0.1, 0.15) is 11.6 Å². The summed E-state index contributed by atoms with van der Waals surface area (Å²) in [5, 5.41) is 3.77. The predicted molar refractivity (Wildman–Crippen MR) is 87.9 cm³/mol. The van der Waals surface area contributed by atoms with Gasteiger partial charge in [0.25, 0.3) is 0 Å². The highest BCUT2D eigenvalue weighted by Crippen LogP contribution is 2.30. The molecule has 1 aromatic heterocycles. The molecule has 0 aliphatic heterocycles. The molecular weight excluding hydrogens is 357 g/mol. The minimum Gasteiger partial charge on any atom is -0.383 e. The lowest BCUT2D eigenvalue weighted by Gasteiger charge is -2.21. The molecule has 1 heterocycles. The van der Waals surface area contributed by atoms with Gasteiger partial charge in [-0.15, -0.1) is 0 Å². The lowest BCUT2D eigenvalue weighted by molar-refractivity contribution is 0.546. The van der Waals surface area contributed by atoms with Crippen molar-refractivity contribution in [2.24, 2.45) is 0 Å². The van der Waals surface area contributed by atoms with Crippen molar-refractivity contribution in [1.29, 1.82) is 0 Å². The third kappa shape index (κ3) is 3.93. The fourth-order valence-electron chi connectivity index (χ4n) is 2.11. The minimum absolute atomic E-state index is 0.308. The maximum absolute atomic E-state index is 14.3. The SMILES string of the molecule is CCCNC(c1ccc(Br)cc1F)c1cc(Cl)cnc1N. The van der Waals surface area contributed by atoms with Crippen LogP contribution < -0.4 is 11.1 Å². The van der Waals surface area contributed by atoms with E-state index >= 15 is 0 Å². The van der Waals surface area contributed by atoms with Gasteiger partial charge >= 0.3 is 0 Å². The van der Waals surface area contributed by atoms with Gasteiger partial charge in [0, 0.05) is 21.8 Å². The number of hydrogen-bond acceptors (Lipinski definition) is 3. The molecule has 2 rings (SSSR count). The molecule has 0 bridgehead atoms. The van der Waals surface area contributed by atoms with Crippen molar-refractivity contribution in [2.75, 3.05) is 12.3 Å². The van der Waals surface area contributed by atoms with Crippen molar-refractivity contribution in [1.82, 2.24) is 10.3 Å². The number of nitrogens with one attached hydrogen (secondary N) is 1. The zero-order chi connectivity index (χ0) is 15.4. The number of nitrogens with two attached hydrogens (primary N) is 1. The molecule has 3 nitrogen and oxygen atoms in total. The molecule has 0 saturated carbocycles. The van der Waals surface area contributed by atoms with Gasteiger partial charge in [-0.3, -0.25) is 0 Å². The standard InChI is InChI=1S/C15H16BrClFN3/c1-2-5-20-14(11-4-3-9(16)6-13(11)18)12-7-10(17)8-21-15(12)19/h3-4,6-8,14,20H,2,5H2,1H3,(H2,19,21). The molecule has 1 aromatic carbocycles. The Morgan fingerprint density at radius 1 is 1.38 bits per heavy atom. The van der Waals surface area contributed by atoms with E-state index < -0.39 is 0 Å². The number of anilines is 1. The molecule has 0 amide bonds. The molecule has 0 fully saturated rings. The second kappa shape index (κ2) is 7.20. The van der Waals surface area contributed by atoms with E-state index in [1.165, 1.54) is 12.3 Å². The highest BCUT2D eigenvalue weighted by atomic mass is 79.9. The summed E-state index contributed by atoms with van der Waals surface area (Å²) in [5.74, 6) is 0.0349. The monoisotopic (exact) mass is 371 g/mol.